The minimum Gasteiger partial charge on any atom is -0.383 e. The van der Waals surface area contributed by atoms with E-state index in [0.29, 0.717) is 24.1 Å². The van der Waals surface area contributed by atoms with E-state index in [-0.39, 0.29) is 5.56 Å². The Morgan fingerprint density at radius 1 is 1.33 bits per heavy atom. The van der Waals surface area contributed by atoms with Gasteiger partial charge in [-0.05, 0) is 43.3 Å². The molecular formula is C19H21ClN4O2S. The fourth-order valence-electron chi connectivity index (χ4n) is 3.38. The van der Waals surface area contributed by atoms with E-state index in [4.69, 9.17) is 21.3 Å². The maximum absolute atomic E-state index is 13.5. The number of halogens is 1. The van der Waals surface area contributed by atoms with Crippen molar-refractivity contribution >= 4 is 39.1 Å². The number of thiophene rings is 1. The van der Waals surface area contributed by atoms with Crippen molar-refractivity contribution in [2.24, 2.45) is 0 Å². The fourth-order valence-corrected chi connectivity index (χ4v) is 4.80. The number of fused-ring (bicyclic) bond motifs is 3. The van der Waals surface area contributed by atoms with E-state index in [0.717, 1.165) is 41.0 Å². The van der Waals surface area contributed by atoms with Crippen molar-refractivity contribution in [3.63, 3.8) is 0 Å². The van der Waals surface area contributed by atoms with Gasteiger partial charge in [0.2, 0.25) is 5.95 Å². The van der Waals surface area contributed by atoms with E-state index in [1.54, 1.807) is 35.1 Å². The number of nitrogens with zero attached hydrogens (tertiary/aromatic N) is 3. The summed E-state index contributed by atoms with van der Waals surface area (Å²) in [6.45, 7) is 2.91. The van der Waals surface area contributed by atoms with Gasteiger partial charge in [0.1, 0.15) is 4.83 Å². The Balaban J connectivity index is 1.92. The highest BCUT2D eigenvalue weighted by molar-refractivity contribution is 7.18. The lowest BCUT2D eigenvalue weighted by atomic mass is 10.1. The maximum atomic E-state index is 13.5. The zero-order chi connectivity index (χ0) is 19.0. The van der Waals surface area contributed by atoms with E-state index in [1.807, 2.05) is 12.1 Å². The largest absolute Gasteiger partial charge is 0.383 e. The summed E-state index contributed by atoms with van der Waals surface area (Å²) in [6, 6.07) is 7.24. The van der Waals surface area contributed by atoms with E-state index < -0.39 is 0 Å². The number of rotatable bonds is 5. The second-order valence-electron chi connectivity index (χ2n) is 6.64. The molecule has 6 nitrogen and oxygen atoms in total. The zero-order valence-corrected chi connectivity index (χ0v) is 16.9. The number of hydrogen-bond acceptors (Lipinski definition) is 6. The lowest BCUT2D eigenvalue weighted by Crippen LogP contribution is -2.28. The molecule has 1 N–H and O–H groups in total. The van der Waals surface area contributed by atoms with Crippen LogP contribution in [0.5, 0.6) is 0 Å². The first-order chi connectivity index (χ1) is 13.1. The highest BCUT2D eigenvalue weighted by atomic mass is 35.5. The predicted octanol–water partition coefficient (Wildman–Crippen LogP) is 3.15. The minimum absolute atomic E-state index is 0.0377. The van der Waals surface area contributed by atoms with Crippen molar-refractivity contribution in [3.05, 3.63) is 50.1 Å². The maximum Gasteiger partial charge on any atom is 0.268 e. The average molecular weight is 405 g/mol. The Kier molecular flexibility index (Phi) is 5.19. The molecule has 0 amide bonds. The van der Waals surface area contributed by atoms with Crippen LogP contribution in [0.1, 0.15) is 10.4 Å². The molecule has 142 valence electrons. The molecule has 3 aromatic rings. The van der Waals surface area contributed by atoms with Crippen LogP contribution in [0.4, 0.5) is 5.95 Å². The molecule has 1 aromatic carbocycles. The summed E-state index contributed by atoms with van der Waals surface area (Å²) in [5.41, 5.74) is 1.85. The van der Waals surface area contributed by atoms with Gasteiger partial charge in [-0.1, -0.05) is 11.6 Å². The molecule has 2 aromatic heterocycles. The molecule has 0 spiro atoms. The summed E-state index contributed by atoms with van der Waals surface area (Å²) in [6.07, 6.45) is 0.875. The summed E-state index contributed by atoms with van der Waals surface area (Å²) in [7, 11) is 3.75. The molecule has 0 bridgehead atoms. The van der Waals surface area contributed by atoms with Crippen LogP contribution in [0, 0.1) is 0 Å². The number of aromatic nitrogens is 2. The second-order valence-corrected chi connectivity index (χ2v) is 8.16. The molecule has 4 rings (SSSR count). The van der Waals surface area contributed by atoms with Crippen LogP contribution >= 0.6 is 22.9 Å². The van der Waals surface area contributed by atoms with Gasteiger partial charge in [-0.2, -0.15) is 0 Å². The first kappa shape index (κ1) is 18.4. The molecular weight excluding hydrogens is 384 g/mol. The second kappa shape index (κ2) is 7.59. The van der Waals surface area contributed by atoms with Crippen LogP contribution in [-0.4, -0.2) is 48.3 Å². The SMILES string of the molecule is COCCNc1nc2sc3c(c2c(=O)n1-c1ccc(Cl)cc1)CCN(C)C3. The highest BCUT2D eigenvalue weighted by Gasteiger charge is 2.24. The number of hydrogen-bond donors (Lipinski definition) is 1. The number of anilines is 1. The Bertz CT molecular complexity index is 1030. The van der Waals surface area contributed by atoms with Crippen LogP contribution in [0.15, 0.2) is 29.1 Å². The lowest BCUT2D eigenvalue weighted by molar-refractivity contribution is 0.210. The van der Waals surface area contributed by atoms with Crippen LogP contribution < -0.4 is 10.9 Å². The first-order valence-corrected chi connectivity index (χ1v) is 10.0. The van der Waals surface area contributed by atoms with Gasteiger partial charge in [0.05, 0.1) is 17.7 Å². The van der Waals surface area contributed by atoms with E-state index in [1.165, 1.54) is 4.88 Å². The highest BCUT2D eigenvalue weighted by Crippen LogP contribution is 2.33. The van der Waals surface area contributed by atoms with Crippen molar-refractivity contribution in [2.75, 3.05) is 39.2 Å². The monoisotopic (exact) mass is 404 g/mol. The van der Waals surface area contributed by atoms with Gasteiger partial charge in [0, 0.05) is 36.6 Å². The smallest absolute Gasteiger partial charge is 0.268 e. The summed E-state index contributed by atoms with van der Waals surface area (Å²) in [5.74, 6) is 0.527. The quantitative estimate of drug-likeness (QED) is 0.662. The molecule has 1 aliphatic rings. The van der Waals surface area contributed by atoms with Gasteiger partial charge in [0.15, 0.2) is 0 Å². The van der Waals surface area contributed by atoms with Crippen molar-refractivity contribution in [1.29, 1.82) is 0 Å². The van der Waals surface area contributed by atoms with Gasteiger partial charge >= 0.3 is 0 Å². The molecule has 0 radical (unpaired) electrons. The van der Waals surface area contributed by atoms with Gasteiger partial charge in [-0.15, -0.1) is 11.3 Å². The van der Waals surface area contributed by atoms with Crippen molar-refractivity contribution in [3.8, 4) is 5.69 Å². The van der Waals surface area contributed by atoms with Gasteiger partial charge in [0.25, 0.3) is 5.56 Å². The summed E-state index contributed by atoms with van der Waals surface area (Å²) in [5, 5.41) is 4.62. The molecule has 8 heteroatoms. The van der Waals surface area contributed by atoms with Crippen molar-refractivity contribution in [2.45, 2.75) is 13.0 Å². The van der Waals surface area contributed by atoms with Gasteiger partial charge in [-0.25, -0.2) is 9.55 Å². The summed E-state index contributed by atoms with van der Waals surface area (Å²) in [4.78, 5) is 22.6. The molecule has 0 saturated heterocycles. The molecule has 0 saturated carbocycles. The molecule has 0 aliphatic carbocycles. The van der Waals surface area contributed by atoms with E-state index >= 15 is 0 Å². The lowest BCUT2D eigenvalue weighted by Gasteiger charge is -2.21. The average Bonchev–Trinajstić information content (AvgIpc) is 3.00. The van der Waals surface area contributed by atoms with E-state index in [2.05, 4.69) is 17.3 Å². The van der Waals surface area contributed by atoms with Crippen molar-refractivity contribution < 1.29 is 4.74 Å². The van der Waals surface area contributed by atoms with Crippen LogP contribution in [0.25, 0.3) is 15.9 Å². The standard InChI is InChI=1S/C19H21ClN4O2S/c1-23-9-7-14-15(11-23)27-17-16(14)18(25)24(13-5-3-12(20)4-6-13)19(22-17)21-8-10-26-2/h3-6H,7-11H2,1-2H3,(H,21,22). The Morgan fingerprint density at radius 3 is 2.85 bits per heavy atom. The number of methoxy groups -OCH3 is 1. The third-order valence-electron chi connectivity index (χ3n) is 4.74. The normalized spacial score (nSPS) is 14.5. The molecule has 27 heavy (non-hydrogen) atoms. The first-order valence-electron chi connectivity index (χ1n) is 8.83. The number of benzene rings is 1. The Morgan fingerprint density at radius 2 is 2.11 bits per heavy atom. The Labute approximate surface area is 166 Å². The third-order valence-corrected chi connectivity index (χ3v) is 6.10. The minimum atomic E-state index is -0.0377. The summed E-state index contributed by atoms with van der Waals surface area (Å²) >= 11 is 7.65. The van der Waals surface area contributed by atoms with Crippen LogP contribution in [-0.2, 0) is 17.7 Å². The summed E-state index contributed by atoms with van der Waals surface area (Å²) < 4.78 is 6.76. The fraction of sp³-hybridized carbons (Fsp3) is 0.368. The van der Waals surface area contributed by atoms with Crippen molar-refractivity contribution in [1.82, 2.24) is 14.5 Å². The number of likely N-dealkylation sites (N-methyl/N-ethyl adjacent to an activating group) is 1. The Hall–Kier alpha value is -1.93. The van der Waals surface area contributed by atoms with Gasteiger partial charge < -0.3 is 15.0 Å². The zero-order valence-electron chi connectivity index (χ0n) is 15.3. The number of nitrogens with one attached hydrogen (secondary N) is 1. The molecule has 3 heterocycles. The van der Waals surface area contributed by atoms with Crippen LogP contribution in [0.3, 0.4) is 0 Å². The van der Waals surface area contributed by atoms with E-state index in [9.17, 15) is 4.79 Å². The predicted molar refractivity (Wildman–Crippen MR) is 111 cm³/mol. The number of ether oxygens (including phenoxy) is 1. The topological polar surface area (TPSA) is 59.4 Å². The molecule has 1 aliphatic heterocycles. The van der Waals surface area contributed by atoms with Gasteiger partial charge in [-0.3, -0.25) is 4.79 Å². The third kappa shape index (κ3) is 3.48. The molecule has 0 atom stereocenters. The molecule has 0 unspecified atom stereocenters. The van der Waals surface area contributed by atoms with Crippen LogP contribution in [0.2, 0.25) is 5.02 Å². The molecule has 0 fully saturated rings.